The minimum atomic E-state index is -3.57. The molecule has 0 radical (unpaired) electrons. The van der Waals surface area contributed by atoms with Gasteiger partial charge in [0.1, 0.15) is 0 Å². The topological polar surface area (TPSA) is 133 Å². The van der Waals surface area contributed by atoms with Crippen LogP contribution < -0.4 is 11.5 Å². The molecule has 0 atom stereocenters. The van der Waals surface area contributed by atoms with Gasteiger partial charge in [-0.05, 0) is 24.6 Å². The minimum absolute atomic E-state index is 0. The lowest BCUT2D eigenvalue weighted by Gasteiger charge is -2.12. The van der Waals surface area contributed by atoms with E-state index in [1.807, 2.05) is 0 Å². The number of benzene rings is 1. The third kappa shape index (κ3) is 4.70. The van der Waals surface area contributed by atoms with E-state index in [-0.39, 0.29) is 41.2 Å². The lowest BCUT2D eigenvalue weighted by Crippen LogP contribution is -2.24. The smallest absolute Gasteiger partial charge is 0.280 e. The molecule has 1 aromatic heterocycles. The average molecular weight is 394 g/mol. The lowest BCUT2D eigenvalue weighted by atomic mass is 10.1. The summed E-state index contributed by atoms with van der Waals surface area (Å²) in [5.41, 5.74) is 11.4. The van der Waals surface area contributed by atoms with Gasteiger partial charge in [-0.2, -0.15) is 4.99 Å². The highest BCUT2D eigenvalue weighted by atomic mass is 35.5. The maximum atomic E-state index is 12.0. The Bertz CT molecular complexity index is 860. The van der Waals surface area contributed by atoms with Gasteiger partial charge in [-0.1, -0.05) is 0 Å². The third-order valence-corrected chi connectivity index (χ3v) is 4.07. The van der Waals surface area contributed by atoms with Crippen LogP contribution in [0.3, 0.4) is 0 Å². The number of guanidine groups is 1. The molecule has 0 unspecified atom stereocenters. The first-order valence-corrected chi connectivity index (χ1v) is 8.06. The summed E-state index contributed by atoms with van der Waals surface area (Å²) in [6, 6.07) is 2.85. The largest absolute Gasteiger partial charge is 0.370 e. The number of nitrogens with zero attached hydrogens (tertiary/aromatic N) is 3. The molecule has 1 amide bonds. The lowest BCUT2D eigenvalue weighted by molar-refractivity contribution is 0.100. The molecule has 2 rings (SSSR count). The molecule has 24 heavy (non-hydrogen) atoms. The zero-order valence-corrected chi connectivity index (χ0v) is 15.3. The first kappa shape index (κ1) is 21.9. The molecule has 0 spiro atoms. The highest BCUT2D eigenvalue weighted by Crippen LogP contribution is 2.25. The molecule has 1 aromatic carbocycles. The van der Waals surface area contributed by atoms with Gasteiger partial charge >= 0.3 is 0 Å². The van der Waals surface area contributed by atoms with Crippen LogP contribution in [0.1, 0.15) is 15.9 Å². The summed E-state index contributed by atoms with van der Waals surface area (Å²) >= 11 is 0. The van der Waals surface area contributed by atoms with E-state index >= 15 is 0 Å². The van der Waals surface area contributed by atoms with Gasteiger partial charge in [0.2, 0.25) is 0 Å². The zero-order valence-electron chi connectivity index (χ0n) is 12.8. The number of aromatic nitrogens is 2. The molecule has 0 saturated heterocycles. The van der Waals surface area contributed by atoms with Crippen LogP contribution in [0, 0.1) is 6.92 Å². The van der Waals surface area contributed by atoms with Crippen LogP contribution >= 0.6 is 24.8 Å². The third-order valence-electron chi connectivity index (χ3n) is 2.95. The van der Waals surface area contributed by atoms with Gasteiger partial charge in [0.05, 0.1) is 16.9 Å². The van der Waals surface area contributed by atoms with Gasteiger partial charge in [0.25, 0.3) is 5.91 Å². The van der Waals surface area contributed by atoms with E-state index in [4.69, 9.17) is 11.5 Å². The van der Waals surface area contributed by atoms with Crippen molar-refractivity contribution in [2.75, 3.05) is 6.26 Å². The second-order valence-electron chi connectivity index (χ2n) is 4.72. The molecule has 0 aliphatic rings. The molecule has 0 aliphatic carbocycles. The standard InChI is InChI=1S/C13H15N5O3S.2ClH/c1-8-5-10(18-4-3-16-7-18)11(22(2,20)21)6-9(8)12(19)17-13(14)15;;/h3-7H,1-2H3,(H4,14,15,17,19);2*1H. The molecule has 8 nitrogen and oxygen atoms in total. The fourth-order valence-electron chi connectivity index (χ4n) is 1.98. The maximum absolute atomic E-state index is 12.0. The van der Waals surface area contributed by atoms with Gasteiger partial charge < -0.3 is 16.0 Å². The summed E-state index contributed by atoms with van der Waals surface area (Å²) in [7, 11) is -3.57. The molecule has 2 aromatic rings. The number of carbonyl (C=O) groups is 1. The van der Waals surface area contributed by atoms with Gasteiger partial charge in [0, 0.05) is 24.2 Å². The number of hydrogen-bond donors (Lipinski definition) is 2. The predicted molar refractivity (Wildman–Crippen MR) is 96.0 cm³/mol. The van der Waals surface area contributed by atoms with Crippen molar-refractivity contribution in [3.63, 3.8) is 0 Å². The molecule has 0 bridgehead atoms. The summed E-state index contributed by atoms with van der Waals surface area (Å²) in [5, 5.41) is 0. The number of amides is 1. The molecule has 0 saturated carbocycles. The van der Waals surface area contributed by atoms with E-state index in [1.54, 1.807) is 23.8 Å². The molecule has 0 fully saturated rings. The van der Waals surface area contributed by atoms with Crippen molar-refractivity contribution >= 4 is 46.5 Å². The zero-order chi connectivity index (χ0) is 16.5. The highest BCUT2D eigenvalue weighted by molar-refractivity contribution is 7.90. The Hall–Kier alpha value is -2.10. The number of sulfone groups is 1. The Labute approximate surface area is 151 Å². The molecule has 11 heteroatoms. The van der Waals surface area contributed by atoms with Crippen molar-refractivity contribution in [2.45, 2.75) is 11.8 Å². The van der Waals surface area contributed by atoms with E-state index in [1.165, 1.54) is 18.6 Å². The molecule has 4 N–H and O–H groups in total. The van der Waals surface area contributed by atoms with E-state index in [2.05, 4.69) is 9.98 Å². The number of nitrogens with two attached hydrogens (primary N) is 2. The fraction of sp³-hybridized carbons (Fsp3) is 0.154. The number of aryl methyl sites for hydroxylation is 1. The number of imidazole rings is 1. The Kier molecular flexibility index (Phi) is 7.42. The molecule has 132 valence electrons. The quantitative estimate of drug-likeness (QED) is 0.585. The van der Waals surface area contributed by atoms with E-state index in [9.17, 15) is 13.2 Å². The van der Waals surface area contributed by atoms with Crippen molar-refractivity contribution in [3.05, 3.63) is 42.0 Å². The Morgan fingerprint density at radius 1 is 1.25 bits per heavy atom. The van der Waals surface area contributed by atoms with Crippen LogP contribution in [0.4, 0.5) is 0 Å². The first-order chi connectivity index (χ1) is 10.2. The van der Waals surface area contributed by atoms with Crippen molar-refractivity contribution in [1.82, 2.24) is 9.55 Å². The number of carbonyl (C=O) groups excluding carboxylic acids is 1. The second kappa shape index (κ2) is 8.13. The van der Waals surface area contributed by atoms with Gasteiger partial charge in [-0.15, -0.1) is 24.8 Å². The van der Waals surface area contributed by atoms with Crippen LogP contribution in [0.5, 0.6) is 0 Å². The highest BCUT2D eigenvalue weighted by Gasteiger charge is 2.20. The van der Waals surface area contributed by atoms with E-state index in [0.29, 0.717) is 11.3 Å². The van der Waals surface area contributed by atoms with Gasteiger partial charge in [-0.25, -0.2) is 13.4 Å². The minimum Gasteiger partial charge on any atom is -0.370 e. The fourth-order valence-corrected chi connectivity index (χ4v) is 2.86. The Morgan fingerprint density at radius 2 is 1.88 bits per heavy atom. The Morgan fingerprint density at radius 3 is 2.33 bits per heavy atom. The van der Waals surface area contributed by atoms with Crippen molar-refractivity contribution in [2.24, 2.45) is 16.5 Å². The summed E-state index contributed by atoms with van der Waals surface area (Å²) in [4.78, 5) is 19.3. The number of rotatable bonds is 3. The second-order valence-corrected chi connectivity index (χ2v) is 6.70. The predicted octanol–water partition coefficient (Wildman–Crippen LogP) is 0.841. The summed E-state index contributed by atoms with van der Waals surface area (Å²) in [5.74, 6) is -1.08. The van der Waals surface area contributed by atoms with Crippen LogP contribution in [0.25, 0.3) is 5.69 Å². The van der Waals surface area contributed by atoms with Crippen molar-refractivity contribution in [1.29, 1.82) is 0 Å². The number of hydrogen-bond acceptors (Lipinski definition) is 4. The monoisotopic (exact) mass is 393 g/mol. The molecule has 0 aliphatic heterocycles. The Balaban J connectivity index is 0.00000264. The number of halogens is 2. The van der Waals surface area contributed by atoms with Gasteiger partial charge in [0.15, 0.2) is 15.8 Å². The SMILES string of the molecule is Cc1cc(-n2ccnc2)c(S(C)(=O)=O)cc1C(=O)N=C(N)N.Cl.Cl. The van der Waals surface area contributed by atoms with Crippen LogP contribution in [0.15, 0.2) is 40.7 Å². The molecular formula is C13H17Cl2N5O3S. The van der Waals surface area contributed by atoms with Crippen molar-refractivity contribution < 1.29 is 13.2 Å². The average Bonchev–Trinajstić information content (AvgIpc) is 2.89. The summed E-state index contributed by atoms with van der Waals surface area (Å²) < 4.78 is 25.6. The normalized spacial score (nSPS) is 10.2. The van der Waals surface area contributed by atoms with E-state index < -0.39 is 15.7 Å². The summed E-state index contributed by atoms with van der Waals surface area (Å²) in [6.07, 6.45) is 5.68. The summed E-state index contributed by atoms with van der Waals surface area (Å²) in [6.45, 7) is 1.67. The maximum Gasteiger partial charge on any atom is 0.280 e. The van der Waals surface area contributed by atoms with Crippen LogP contribution in [-0.2, 0) is 9.84 Å². The van der Waals surface area contributed by atoms with Crippen LogP contribution in [0.2, 0.25) is 0 Å². The first-order valence-electron chi connectivity index (χ1n) is 6.17. The van der Waals surface area contributed by atoms with Crippen molar-refractivity contribution in [3.8, 4) is 5.69 Å². The molecule has 1 heterocycles. The number of aliphatic imine (C=N–C) groups is 1. The van der Waals surface area contributed by atoms with E-state index in [0.717, 1.165) is 6.26 Å². The van der Waals surface area contributed by atoms with Gasteiger partial charge in [-0.3, -0.25) is 4.79 Å². The van der Waals surface area contributed by atoms with Crippen LogP contribution in [-0.4, -0.2) is 36.1 Å². The molecular weight excluding hydrogens is 377 g/mol.